The summed E-state index contributed by atoms with van der Waals surface area (Å²) in [6, 6.07) is 3.94. The Hall–Kier alpha value is -1.71. The van der Waals surface area contributed by atoms with E-state index in [1.165, 1.54) is 29.6 Å². The van der Waals surface area contributed by atoms with Crippen LogP contribution in [0.3, 0.4) is 0 Å². The van der Waals surface area contributed by atoms with Gasteiger partial charge in [0, 0.05) is 38.3 Å². The van der Waals surface area contributed by atoms with E-state index in [2.05, 4.69) is 10.2 Å². The summed E-state index contributed by atoms with van der Waals surface area (Å²) in [4.78, 5) is 14.5. The number of methoxy groups -OCH3 is 1. The first-order valence-electron chi connectivity index (χ1n) is 9.54. The van der Waals surface area contributed by atoms with E-state index in [-0.39, 0.29) is 17.2 Å². The molecule has 0 unspecified atom stereocenters. The molecule has 28 heavy (non-hydrogen) atoms. The van der Waals surface area contributed by atoms with Crippen molar-refractivity contribution in [3.63, 3.8) is 0 Å². The number of halogens is 1. The number of benzene rings is 1. The number of piperidine rings is 1. The molecule has 0 spiro atoms. The van der Waals surface area contributed by atoms with Gasteiger partial charge in [-0.15, -0.1) is 0 Å². The van der Waals surface area contributed by atoms with Crippen LogP contribution >= 0.6 is 0 Å². The highest BCUT2D eigenvalue weighted by Crippen LogP contribution is 2.18. The number of hydrogen-bond donors (Lipinski definition) is 1. The molecule has 1 aromatic rings. The zero-order valence-electron chi connectivity index (χ0n) is 16.8. The first-order chi connectivity index (χ1) is 13.2. The molecule has 1 amide bonds. The van der Waals surface area contributed by atoms with Crippen molar-refractivity contribution < 1.29 is 22.3 Å². The molecule has 0 saturated carbocycles. The van der Waals surface area contributed by atoms with Crippen molar-refractivity contribution in [2.45, 2.75) is 19.8 Å². The molecule has 1 aliphatic rings. The Labute approximate surface area is 166 Å². The molecule has 1 fully saturated rings. The van der Waals surface area contributed by atoms with Gasteiger partial charge in [0.25, 0.3) is 5.91 Å². The number of likely N-dealkylation sites (N-methyl/N-ethyl adjacent to an activating group) is 1. The van der Waals surface area contributed by atoms with Crippen molar-refractivity contribution in [2.24, 2.45) is 5.92 Å². The molecule has 0 aromatic heterocycles. The number of carbonyl (C=O) groups is 1. The number of hydrogen-bond acceptors (Lipinski definition) is 5. The molecule has 158 valence electrons. The maximum Gasteiger partial charge on any atom is 0.251 e. The zero-order chi connectivity index (χ0) is 20.7. The van der Waals surface area contributed by atoms with Gasteiger partial charge in [0.15, 0.2) is 0 Å². The predicted octanol–water partition coefficient (Wildman–Crippen LogP) is 1.56. The Bertz CT molecular complexity index is 764. The number of ether oxygens (including phenoxy) is 1. The van der Waals surface area contributed by atoms with Gasteiger partial charge < -0.3 is 15.0 Å². The SMILES string of the molecule is CCS(=O)(=O)N(C)CCN1CCC(CNC(=O)c2cc(F)cc(OC)c2)CC1. The average molecular weight is 416 g/mol. The molecule has 9 heteroatoms. The van der Waals surface area contributed by atoms with Gasteiger partial charge in [-0.3, -0.25) is 4.79 Å². The first kappa shape index (κ1) is 22.6. The minimum Gasteiger partial charge on any atom is -0.497 e. The highest BCUT2D eigenvalue weighted by molar-refractivity contribution is 7.89. The van der Waals surface area contributed by atoms with Crippen molar-refractivity contribution in [3.8, 4) is 5.75 Å². The van der Waals surface area contributed by atoms with E-state index in [4.69, 9.17) is 4.74 Å². The molecule has 0 aliphatic carbocycles. The third kappa shape index (κ3) is 6.42. The molecule has 1 aromatic carbocycles. The smallest absolute Gasteiger partial charge is 0.251 e. The van der Waals surface area contributed by atoms with Gasteiger partial charge in [-0.25, -0.2) is 17.1 Å². The lowest BCUT2D eigenvalue weighted by molar-refractivity contribution is 0.0935. The molecule has 7 nitrogen and oxygen atoms in total. The zero-order valence-corrected chi connectivity index (χ0v) is 17.6. The Balaban J connectivity index is 1.74. The van der Waals surface area contributed by atoms with Crippen LogP contribution in [0, 0.1) is 11.7 Å². The van der Waals surface area contributed by atoms with Crippen LogP contribution in [0.1, 0.15) is 30.1 Å². The molecule has 2 rings (SSSR count). The number of amides is 1. The lowest BCUT2D eigenvalue weighted by Crippen LogP contribution is -2.42. The van der Waals surface area contributed by atoms with Crippen LogP contribution in [0.2, 0.25) is 0 Å². The number of likely N-dealkylation sites (tertiary alicyclic amines) is 1. The van der Waals surface area contributed by atoms with Crippen LogP contribution in [0.4, 0.5) is 4.39 Å². The summed E-state index contributed by atoms with van der Waals surface area (Å²) in [5.74, 6) is -0.0385. The second kappa shape index (κ2) is 10.2. The van der Waals surface area contributed by atoms with Gasteiger partial charge in [0.2, 0.25) is 10.0 Å². The van der Waals surface area contributed by atoms with E-state index in [9.17, 15) is 17.6 Å². The van der Waals surface area contributed by atoms with Crippen LogP contribution in [-0.2, 0) is 10.0 Å². The van der Waals surface area contributed by atoms with Crippen LogP contribution in [-0.4, -0.2) is 76.2 Å². The molecule has 1 saturated heterocycles. The Morgan fingerprint density at radius 1 is 1.32 bits per heavy atom. The fourth-order valence-electron chi connectivity index (χ4n) is 3.21. The van der Waals surface area contributed by atoms with Crippen LogP contribution < -0.4 is 10.1 Å². The number of carbonyl (C=O) groups excluding carboxylic acids is 1. The summed E-state index contributed by atoms with van der Waals surface area (Å²) < 4.78 is 43.5. The topological polar surface area (TPSA) is 79.0 Å². The van der Waals surface area contributed by atoms with E-state index >= 15 is 0 Å². The summed E-state index contributed by atoms with van der Waals surface area (Å²) in [5.41, 5.74) is 0.245. The lowest BCUT2D eigenvalue weighted by Gasteiger charge is -2.32. The molecular formula is C19H30FN3O4S. The standard InChI is InChI=1S/C19H30FN3O4S/c1-4-28(25,26)22(2)9-10-23-7-5-15(6-8-23)14-21-19(24)16-11-17(20)13-18(12-16)27-3/h11-13,15H,4-10,14H2,1-3H3,(H,21,24). The Morgan fingerprint density at radius 3 is 2.61 bits per heavy atom. The maximum absolute atomic E-state index is 13.5. The average Bonchev–Trinajstić information content (AvgIpc) is 2.70. The normalized spacial score (nSPS) is 16.3. The summed E-state index contributed by atoms with van der Waals surface area (Å²) in [5, 5.41) is 2.87. The van der Waals surface area contributed by atoms with Gasteiger partial charge in [0.1, 0.15) is 11.6 Å². The Morgan fingerprint density at radius 2 is 2.00 bits per heavy atom. The summed E-state index contributed by atoms with van der Waals surface area (Å²) in [6.45, 7) is 5.11. The third-order valence-electron chi connectivity index (χ3n) is 5.20. The third-order valence-corrected chi connectivity index (χ3v) is 7.06. The van der Waals surface area contributed by atoms with Crippen molar-refractivity contribution in [2.75, 3.05) is 52.6 Å². The summed E-state index contributed by atoms with van der Waals surface area (Å²) >= 11 is 0. The van der Waals surface area contributed by atoms with Crippen molar-refractivity contribution in [1.29, 1.82) is 0 Å². The van der Waals surface area contributed by atoms with E-state index in [0.717, 1.165) is 25.9 Å². The minimum absolute atomic E-state index is 0.114. The predicted molar refractivity (Wildman–Crippen MR) is 107 cm³/mol. The molecule has 0 bridgehead atoms. The van der Waals surface area contributed by atoms with Gasteiger partial charge in [-0.05, 0) is 50.9 Å². The number of nitrogens with one attached hydrogen (secondary N) is 1. The van der Waals surface area contributed by atoms with E-state index in [1.54, 1.807) is 14.0 Å². The second-order valence-corrected chi connectivity index (χ2v) is 9.46. The first-order valence-corrected chi connectivity index (χ1v) is 11.1. The van der Waals surface area contributed by atoms with Gasteiger partial charge in [0.05, 0.1) is 12.9 Å². The Kier molecular flexibility index (Phi) is 8.21. The maximum atomic E-state index is 13.5. The second-order valence-electron chi connectivity index (χ2n) is 7.10. The molecule has 0 radical (unpaired) electrons. The fraction of sp³-hybridized carbons (Fsp3) is 0.632. The number of nitrogens with zero attached hydrogens (tertiary/aromatic N) is 2. The largest absolute Gasteiger partial charge is 0.497 e. The van der Waals surface area contributed by atoms with Gasteiger partial charge in [-0.1, -0.05) is 0 Å². The van der Waals surface area contributed by atoms with Gasteiger partial charge in [-0.2, -0.15) is 0 Å². The van der Waals surface area contributed by atoms with E-state index in [0.29, 0.717) is 31.3 Å². The van der Waals surface area contributed by atoms with Crippen molar-refractivity contribution in [1.82, 2.24) is 14.5 Å². The van der Waals surface area contributed by atoms with Gasteiger partial charge >= 0.3 is 0 Å². The van der Waals surface area contributed by atoms with E-state index < -0.39 is 15.8 Å². The van der Waals surface area contributed by atoms with Crippen LogP contribution in [0.25, 0.3) is 0 Å². The molecule has 1 N–H and O–H groups in total. The van der Waals surface area contributed by atoms with Crippen LogP contribution in [0.5, 0.6) is 5.75 Å². The van der Waals surface area contributed by atoms with E-state index in [1.807, 2.05) is 0 Å². The highest BCUT2D eigenvalue weighted by Gasteiger charge is 2.22. The molecule has 0 atom stereocenters. The summed E-state index contributed by atoms with van der Waals surface area (Å²) in [6.07, 6.45) is 1.86. The molecule has 1 aliphatic heterocycles. The van der Waals surface area contributed by atoms with Crippen molar-refractivity contribution >= 4 is 15.9 Å². The quantitative estimate of drug-likeness (QED) is 0.662. The molecular weight excluding hydrogens is 385 g/mol. The lowest BCUT2D eigenvalue weighted by atomic mass is 9.96. The fourth-order valence-corrected chi connectivity index (χ4v) is 4.01. The minimum atomic E-state index is -3.14. The summed E-state index contributed by atoms with van der Waals surface area (Å²) in [7, 11) is -0.0951. The number of sulfonamides is 1. The van der Waals surface area contributed by atoms with Crippen LogP contribution in [0.15, 0.2) is 18.2 Å². The molecule has 1 heterocycles. The highest BCUT2D eigenvalue weighted by atomic mass is 32.2. The monoisotopic (exact) mass is 415 g/mol. The van der Waals surface area contributed by atoms with Crippen molar-refractivity contribution in [3.05, 3.63) is 29.6 Å². The number of rotatable bonds is 9.